The van der Waals surface area contributed by atoms with Crippen molar-refractivity contribution in [3.63, 3.8) is 0 Å². The molecule has 0 saturated carbocycles. The molecule has 1 aromatic heterocycles. The predicted molar refractivity (Wildman–Crippen MR) is 126 cm³/mol. The number of unbranched alkanes of at least 4 members (excludes halogenated alkanes) is 1. The molecule has 0 bridgehead atoms. The molecule has 0 atom stereocenters. The monoisotopic (exact) mass is 436 g/mol. The number of aromatic nitrogens is 1. The molecule has 31 heavy (non-hydrogen) atoms. The van der Waals surface area contributed by atoms with Crippen LogP contribution in [0.3, 0.4) is 0 Å². The number of aryl methyl sites for hydroxylation is 1. The van der Waals surface area contributed by atoms with Gasteiger partial charge in [-0.3, -0.25) is 9.69 Å². The van der Waals surface area contributed by atoms with Crippen LogP contribution in [-0.4, -0.2) is 54.5 Å². The average molecular weight is 437 g/mol. The van der Waals surface area contributed by atoms with E-state index < -0.39 is 0 Å². The molecule has 0 unspecified atom stereocenters. The SMILES string of the molecule is O=C1CCc2ccc(OCCCCN3CCN(c4nsc5ccccc45)CC3)cc2N1. The van der Waals surface area contributed by atoms with Crippen LogP contribution in [0.1, 0.15) is 24.8 Å². The van der Waals surface area contributed by atoms with Crippen molar-refractivity contribution in [1.82, 2.24) is 9.27 Å². The van der Waals surface area contributed by atoms with Crippen LogP contribution in [0, 0.1) is 0 Å². The van der Waals surface area contributed by atoms with E-state index >= 15 is 0 Å². The molecule has 5 rings (SSSR count). The summed E-state index contributed by atoms with van der Waals surface area (Å²) in [6.07, 6.45) is 3.54. The number of ether oxygens (including phenoxy) is 1. The normalized spacial score (nSPS) is 16.9. The van der Waals surface area contributed by atoms with E-state index in [2.05, 4.69) is 45.4 Å². The molecule has 1 fully saturated rings. The van der Waals surface area contributed by atoms with Crippen LogP contribution >= 0.6 is 11.5 Å². The predicted octanol–water partition coefficient (Wildman–Crippen LogP) is 4.16. The summed E-state index contributed by atoms with van der Waals surface area (Å²) >= 11 is 1.59. The second-order valence-electron chi connectivity index (χ2n) is 8.25. The van der Waals surface area contributed by atoms with Crippen LogP contribution in [0.25, 0.3) is 10.1 Å². The van der Waals surface area contributed by atoms with Gasteiger partial charge in [0.05, 0.1) is 11.3 Å². The van der Waals surface area contributed by atoms with E-state index in [-0.39, 0.29) is 5.91 Å². The fourth-order valence-corrected chi connectivity index (χ4v) is 5.15. The lowest BCUT2D eigenvalue weighted by molar-refractivity contribution is -0.116. The second-order valence-corrected chi connectivity index (χ2v) is 9.06. The number of amides is 1. The van der Waals surface area contributed by atoms with Crippen LogP contribution < -0.4 is 15.0 Å². The zero-order chi connectivity index (χ0) is 21.0. The van der Waals surface area contributed by atoms with Gasteiger partial charge in [0.2, 0.25) is 5.91 Å². The van der Waals surface area contributed by atoms with Gasteiger partial charge in [-0.25, -0.2) is 0 Å². The number of nitrogens with zero attached hydrogens (tertiary/aromatic N) is 3. The number of carbonyl (C=O) groups excluding carboxylic acids is 1. The van der Waals surface area contributed by atoms with Gasteiger partial charge in [-0.15, -0.1) is 0 Å². The third-order valence-corrected chi connectivity index (χ3v) is 6.96. The van der Waals surface area contributed by atoms with Gasteiger partial charge in [0.15, 0.2) is 0 Å². The number of hydrogen-bond donors (Lipinski definition) is 1. The number of anilines is 2. The summed E-state index contributed by atoms with van der Waals surface area (Å²) in [6.45, 7) is 6.04. The molecule has 2 aliphatic heterocycles. The lowest BCUT2D eigenvalue weighted by Crippen LogP contribution is -2.46. The van der Waals surface area contributed by atoms with Crippen molar-refractivity contribution in [2.75, 3.05) is 49.5 Å². The molecule has 162 valence electrons. The standard InChI is InChI=1S/C24H28N4O2S/c29-23-10-8-18-7-9-19(17-21(18)25-23)30-16-4-3-11-27-12-14-28(15-13-27)24-20-5-1-2-6-22(20)31-26-24/h1-2,5-7,9,17H,3-4,8,10-16H2,(H,25,29). The fraction of sp³-hybridized carbons (Fsp3) is 0.417. The highest BCUT2D eigenvalue weighted by Gasteiger charge is 2.20. The van der Waals surface area contributed by atoms with Crippen molar-refractivity contribution in [2.24, 2.45) is 0 Å². The Hall–Kier alpha value is -2.64. The number of piperazine rings is 1. The van der Waals surface area contributed by atoms with E-state index in [0.717, 1.165) is 69.2 Å². The van der Waals surface area contributed by atoms with E-state index in [9.17, 15) is 4.79 Å². The summed E-state index contributed by atoms with van der Waals surface area (Å²) in [5, 5.41) is 4.21. The van der Waals surface area contributed by atoms with Crippen molar-refractivity contribution >= 4 is 39.0 Å². The molecule has 1 amide bonds. The van der Waals surface area contributed by atoms with Crippen LogP contribution in [0.15, 0.2) is 42.5 Å². The minimum absolute atomic E-state index is 0.0905. The first kappa shape index (κ1) is 20.3. The molecule has 3 heterocycles. The van der Waals surface area contributed by atoms with Gasteiger partial charge in [-0.05, 0) is 61.1 Å². The number of carbonyl (C=O) groups is 1. The Labute approximate surface area is 187 Å². The number of rotatable bonds is 7. The number of hydrogen-bond acceptors (Lipinski definition) is 6. The van der Waals surface area contributed by atoms with Crippen LogP contribution in [0.5, 0.6) is 5.75 Å². The zero-order valence-electron chi connectivity index (χ0n) is 17.7. The summed E-state index contributed by atoms with van der Waals surface area (Å²) in [7, 11) is 0. The first-order chi connectivity index (χ1) is 15.3. The van der Waals surface area contributed by atoms with Crippen LogP contribution in [0.2, 0.25) is 0 Å². The quantitative estimate of drug-likeness (QED) is 0.564. The number of benzene rings is 2. The minimum Gasteiger partial charge on any atom is -0.494 e. The minimum atomic E-state index is 0.0905. The number of fused-ring (bicyclic) bond motifs is 2. The van der Waals surface area contributed by atoms with E-state index in [0.29, 0.717) is 13.0 Å². The molecule has 6 nitrogen and oxygen atoms in total. The molecule has 0 radical (unpaired) electrons. The van der Waals surface area contributed by atoms with Gasteiger partial charge in [-0.2, -0.15) is 4.37 Å². The molecule has 0 spiro atoms. The zero-order valence-corrected chi connectivity index (χ0v) is 18.5. The Morgan fingerprint density at radius 1 is 1.03 bits per heavy atom. The third kappa shape index (κ3) is 4.67. The van der Waals surface area contributed by atoms with E-state index in [4.69, 9.17) is 9.11 Å². The molecule has 2 aromatic carbocycles. The summed E-state index contributed by atoms with van der Waals surface area (Å²) in [5.74, 6) is 2.08. The topological polar surface area (TPSA) is 57.7 Å². The summed E-state index contributed by atoms with van der Waals surface area (Å²) in [6, 6.07) is 14.5. The smallest absolute Gasteiger partial charge is 0.224 e. The Bertz CT molecular complexity index is 1060. The molecule has 3 aromatic rings. The highest BCUT2D eigenvalue weighted by Crippen LogP contribution is 2.30. The van der Waals surface area contributed by atoms with Crippen molar-refractivity contribution < 1.29 is 9.53 Å². The van der Waals surface area contributed by atoms with Crippen molar-refractivity contribution in [3.8, 4) is 5.75 Å². The Balaban J connectivity index is 1.03. The number of nitrogens with one attached hydrogen (secondary N) is 1. The van der Waals surface area contributed by atoms with Crippen molar-refractivity contribution in [1.29, 1.82) is 0 Å². The molecular weight excluding hydrogens is 408 g/mol. The van der Waals surface area contributed by atoms with Gasteiger partial charge in [-0.1, -0.05) is 18.2 Å². The van der Waals surface area contributed by atoms with Gasteiger partial charge >= 0.3 is 0 Å². The first-order valence-electron chi connectivity index (χ1n) is 11.1. The van der Waals surface area contributed by atoms with Gasteiger partial charge < -0.3 is 15.0 Å². The maximum atomic E-state index is 11.6. The second kappa shape index (κ2) is 9.24. The lowest BCUT2D eigenvalue weighted by Gasteiger charge is -2.35. The third-order valence-electron chi connectivity index (χ3n) is 6.14. The van der Waals surface area contributed by atoms with E-state index in [1.54, 1.807) is 11.5 Å². The Morgan fingerprint density at radius 2 is 1.90 bits per heavy atom. The first-order valence-corrected chi connectivity index (χ1v) is 11.9. The largest absolute Gasteiger partial charge is 0.494 e. The Morgan fingerprint density at radius 3 is 2.81 bits per heavy atom. The van der Waals surface area contributed by atoms with Gasteiger partial charge in [0.1, 0.15) is 11.6 Å². The average Bonchev–Trinajstić information content (AvgIpc) is 3.23. The molecule has 2 aliphatic rings. The summed E-state index contributed by atoms with van der Waals surface area (Å²) in [5.41, 5.74) is 2.09. The highest BCUT2D eigenvalue weighted by atomic mass is 32.1. The van der Waals surface area contributed by atoms with Gasteiger partial charge in [0.25, 0.3) is 0 Å². The Kier molecular flexibility index (Phi) is 6.04. The van der Waals surface area contributed by atoms with E-state index in [1.165, 1.54) is 15.6 Å². The van der Waals surface area contributed by atoms with Crippen LogP contribution in [0.4, 0.5) is 11.5 Å². The maximum Gasteiger partial charge on any atom is 0.224 e. The summed E-state index contributed by atoms with van der Waals surface area (Å²) < 4.78 is 11.9. The molecule has 1 saturated heterocycles. The highest BCUT2D eigenvalue weighted by molar-refractivity contribution is 7.13. The molecule has 0 aliphatic carbocycles. The van der Waals surface area contributed by atoms with Crippen LogP contribution in [-0.2, 0) is 11.2 Å². The van der Waals surface area contributed by atoms with Gasteiger partial charge in [0, 0.05) is 49.7 Å². The molecular formula is C24H28N4O2S. The molecule has 1 N–H and O–H groups in total. The fourth-order valence-electron chi connectivity index (χ4n) is 4.35. The van der Waals surface area contributed by atoms with E-state index in [1.807, 2.05) is 12.1 Å². The summed E-state index contributed by atoms with van der Waals surface area (Å²) in [4.78, 5) is 16.5. The molecule has 7 heteroatoms. The van der Waals surface area contributed by atoms with Crippen molar-refractivity contribution in [3.05, 3.63) is 48.0 Å². The maximum absolute atomic E-state index is 11.6. The lowest BCUT2D eigenvalue weighted by atomic mass is 10.0. The van der Waals surface area contributed by atoms with Crippen molar-refractivity contribution in [2.45, 2.75) is 25.7 Å².